The zero-order valence-corrected chi connectivity index (χ0v) is 11.0. The Morgan fingerprint density at radius 1 is 1.63 bits per heavy atom. The number of hydrogen-bond acceptors (Lipinski definition) is 3. The SMILES string of the molecule is CC1CCCC(CO)(NC(=O)c2ccc(F)cn2)C1. The van der Waals surface area contributed by atoms with Crippen LogP contribution in [-0.2, 0) is 0 Å². The van der Waals surface area contributed by atoms with E-state index in [1.54, 1.807) is 0 Å². The molecular formula is C14H19FN2O2. The molecule has 0 aliphatic heterocycles. The van der Waals surface area contributed by atoms with E-state index in [4.69, 9.17) is 0 Å². The highest BCUT2D eigenvalue weighted by Gasteiger charge is 2.36. The van der Waals surface area contributed by atoms with Crippen molar-refractivity contribution in [2.75, 3.05) is 6.61 Å². The molecule has 1 aromatic rings. The molecule has 1 aliphatic carbocycles. The van der Waals surface area contributed by atoms with Crippen LogP contribution in [-0.4, -0.2) is 28.1 Å². The molecule has 1 aromatic heterocycles. The van der Waals surface area contributed by atoms with Crippen LogP contribution in [0.4, 0.5) is 4.39 Å². The van der Waals surface area contributed by atoms with Crippen LogP contribution in [0, 0.1) is 11.7 Å². The fourth-order valence-electron chi connectivity index (χ4n) is 2.77. The number of rotatable bonds is 3. The zero-order valence-electron chi connectivity index (χ0n) is 11.0. The van der Waals surface area contributed by atoms with Gasteiger partial charge in [-0.2, -0.15) is 0 Å². The van der Waals surface area contributed by atoms with E-state index >= 15 is 0 Å². The van der Waals surface area contributed by atoms with Crippen LogP contribution >= 0.6 is 0 Å². The standard InChI is InChI=1S/C14H19FN2O2/c1-10-3-2-6-14(7-10,9-18)17-13(19)12-5-4-11(15)8-16-12/h4-5,8,10,18H,2-3,6-7,9H2,1H3,(H,17,19). The van der Waals surface area contributed by atoms with Crippen LogP contribution in [0.1, 0.15) is 43.1 Å². The number of aliphatic hydroxyl groups excluding tert-OH is 1. The Morgan fingerprint density at radius 2 is 2.42 bits per heavy atom. The predicted molar refractivity (Wildman–Crippen MR) is 69.1 cm³/mol. The first-order chi connectivity index (χ1) is 9.04. The predicted octanol–water partition coefficient (Wildman–Crippen LogP) is 1.89. The van der Waals surface area contributed by atoms with Crippen LogP contribution in [0.2, 0.25) is 0 Å². The highest BCUT2D eigenvalue weighted by atomic mass is 19.1. The number of halogens is 1. The van der Waals surface area contributed by atoms with Gasteiger partial charge in [0.25, 0.3) is 5.91 Å². The van der Waals surface area contributed by atoms with E-state index in [1.165, 1.54) is 12.1 Å². The van der Waals surface area contributed by atoms with Gasteiger partial charge in [0, 0.05) is 0 Å². The van der Waals surface area contributed by atoms with Crippen molar-refractivity contribution in [3.8, 4) is 0 Å². The molecule has 0 spiro atoms. The van der Waals surface area contributed by atoms with Crippen LogP contribution in [0.25, 0.3) is 0 Å². The summed E-state index contributed by atoms with van der Waals surface area (Å²) in [5, 5.41) is 12.5. The summed E-state index contributed by atoms with van der Waals surface area (Å²) in [5.41, 5.74) is -0.391. The summed E-state index contributed by atoms with van der Waals surface area (Å²) < 4.78 is 12.8. The smallest absolute Gasteiger partial charge is 0.270 e. The van der Waals surface area contributed by atoms with Gasteiger partial charge in [-0.05, 0) is 30.9 Å². The third kappa shape index (κ3) is 3.29. The minimum atomic E-state index is -0.565. The lowest BCUT2D eigenvalue weighted by atomic mass is 9.77. The molecule has 2 rings (SSSR count). The minimum absolute atomic E-state index is 0.0791. The second-order valence-corrected chi connectivity index (χ2v) is 5.46. The second kappa shape index (κ2) is 5.65. The molecule has 1 fully saturated rings. The molecule has 19 heavy (non-hydrogen) atoms. The topological polar surface area (TPSA) is 62.2 Å². The third-order valence-corrected chi connectivity index (χ3v) is 3.73. The molecular weight excluding hydrogens is 247 g/mol. The van der Waals surface area contributed by atoms with Crippen molar-refractivity contribution >= 4 is 5.91 Å². The normalized spacial score (nSPS) is 27.0. The van der Waals surface area contributed by atoms with Crippen molar-refractivity contribution in [2.24, 2.45) is 5.92 Å². The van der Waals surface area contributed by atoms with Crippen LogP contribution in [0.15, 0.2) is 18.3 Å². The van der Waals surface area contributed by atoms with Gasteiger partial charge in [0.15, 0.2) is 0 Å². The maximum atomic E-state index is 12.8. The fourth-order valence-corrected chi connectivity index (χ4v) is 2.77. The Labute approximate surface area is 112 Å². The number of hydrogen-bond donors (Lipinski definition) is 2. The summed E-state index contributed by atoms with van der Waals surface area (Å²) in [6, 6.07) is 2.55. The van der Waals surface area contributed by atoms with E-state index in [2.05, 4.69) is 17.2 Å². The summed E-state index contributed by atoms with van der Waals surface area (Å²) in [4.78, 5) is 15.8. The second-order valence-electron chi connectivity index (χ2n) is 5.46. The average molecular weight is 266 g/mol. The monoisotopic (exact) mass is 266 g/mol. The number of aliphatic hydroxyl groups is 1. The Bertz CT molecular complexity index is 449. The number of nitrogens with one attached hydrogen (secondary N) is 1. The summed E-state index contributed by atoms with van der Waals surface area (Å²) in [5.74, 6) is -0.356. The number of pyridine rings is 1. The number of nitrogens with zero attached hydrogens (tertiary/aromatic N) is 1. The molecule has 0 saturated heterocycles. The van der Waals surface area contributed by atoms with Crippen molar-refractivity contribution in [3.05, 3.63) is 29.8 Å². The Kier molecular flexibility index (Phi) is 4.14. The molecule has 2 unspecified atom stereocenters. The Hall–Kier alpha value is -1.49. The maximum absolute atomic E-state index is 12.8. The van der Waals surface area contributed by atoms with Crippen molar-refractivity contribution in [3.63, 3.8) is 0 Å². The van der Waals surface area contributed by atoms with Gasteiger partial charge >= 0.3 is 0 Å². The molecule has 2 N–H and O–H groups in total. The fraction of sp³-hybridized carbons (Fsp3) is 0.571. The Balaban J connectivity index is 2.09. The molecule has 104 valence electrons. The molecule has 4 nitrogen and oxygen atoms in total. The van der Waals surface area contributed by atoms with Crippen molar-refractivity contribution < 1.29 is 14.3 Å². The van der Waals surface area contributed by atoms with E-state index in [0.29, 0.717) is 5.92 Å². The molecule has 5 heteroatoms. The van der Waals surface area contributed by atoms with Crippen molar-refractivity contribution in [2.45, 2.75) is 38.1 Å². The van der Waals surface area contributed by atoms with Crippen LogP contribution in [0.3, 0.4) is 0 Å². The highest BCUT2D eigenvalue weighted by molar-refractivity contribution is 5.92. The van der Waals surface area contributed by atoms with Gasteiger partial charge in [-0.25, -0.2) is 9.37 Å². The maximum Gasteiger partial charge on any atom is 0.270 e. The lowest BCUT2D eigenvalue weighted by molar-refractivity contribution is 0.0692. The van der Waals surface area contributed by atoms with Crippen molar-refractivity contribution in [1.82, 2.24) is 10.3 Å². The lowest BCUT2D eigenvalue weighted by Crippen LogP contribution is -2.54. The van der Waals surface area contributed by atoms with Gasteiger partial charge < -0.3 is 10.4 Å². The molecule has 1 saturated carbocycles. The first-order valence-electron chi connectivity index (χ1n) is 6.60. The van der Waals surface area contributed by atoms with Gasteiger partial charge in [0.05, 0.1) is 18.3 Å². The van der Waals surface area contributed by atoms with E-state index in [-0.39, 0.29) is 18.2 Å². The van der Waals surface area contributed by atoms with Gasteiger partial charge in [0.2, 0.25) is 0 Å². The lowest BCUT2D eigenvalue weighted by Gasteiger charge is -2.39. The molecule has 1 amide bonds. The number of amides is 1. The number of carbonyl (C=O) groups excluding carboxylic acids is 1. The molecule has 1 heterocycles. The first-order valence-corrected chi connectivity index (χ1v) is 6.60. The van der Waals surface area contributed by atoms with Gasteiger partial charge in [-0.1, -0.05) is 19.8 Å². The number of aromatic nitrogens is 1. The summed E-state index contributed by atoms with van der Waals surface area (Å²) in [7, 11) is 0. The van der Waals surface area contributed by atoms with Gasteiger partial charge in [-0.3, -0.25) is 4.79 Å². The molecule has 0 bridgehead atoms. The quantitative estimate of drug-likeness (QED) is 0.878. The van der Waals surface area contributed by atoms with Crippen molar-refractivity contribution in [1.29, 1.82) is 0 Å². The van der Waals surface area contributed by atoms with Gasteiger partial charge in [0.1, 0.15) is 11.5 Å². The van der Waals surface area contributed by atoms with Gasteiger partial charge in [-0.15, -0.1) is 0 Å². The minimum Gasteiger partial charge on any atom is -0.394 e. The molecule has 0 radical (unpaired) electrons. The van der Waals surface area contributed by atoms with E-state index < -0.39 is 11.4 Å². The Morgan fingerprint density at radius 3 is 3.00 bits per heavy atom. The summed E-state index contributed by atoms with van der Waals surface area (Å²) in [6.07, 6.45) is 4.65. The largest absolute Gasteiger partial charge is 0.394 e. The highest BCUT2D eigenvalue weighted by Crippen LogP contribution is 2.32. The average Bonchev–Trinajstić information content (AvgIpc) is 2.39. The van der Waals surface area contributed by atoms with Crippen LogP contribution < -0.4 is 5.32 Å². The van der Waals surface area contributed by atoms with Crippen LogP contribution in [0.5, 0.6) is 0 Å². The van der Waals surface area contributed by atoms with E-state index in [0.717, 1.165) is 31.9 Å². The third-order valence-electron chi connectivity index (χ3n) is 3.73. The summed E-state index contributed by atoms with van der Waals surface area (Å²) >= 11 is 0. The molecule has 2 atom stereocenters. The van der Waals surface area contributed by atoms with E-state index in [1.807, 2.05) is 0 Å². The molecule has 1 aliphatic rings. The zero-order chi connectivity index (χ0) is 13.9. The van der Waals surface area contributed by atoms with E-state index in [9.17, 15) is 14.3 Å². The number of carbonyl (C=O) groups is 1. The molecule has 0 aromatic carbocycles. The first kappa shape index (κ1) is 13.9. The summed E-state index contributed by atoms with van der Waals surface area (Å²) in [6.45, 7) is 2.04.